The van der Waals surface area contributed by atoms with Crippen molar-refractivity contribution in [3.8, 4) is 5.69 Å². The Bertz CT molecular complexity index is 1430. The second kappa shape index (κ2) is 9.55. The van der Waals surface area contributed by atoms with E-state index in [-0.39, 0.29) is 22.4 Å². The van der Waals surface area contributed by atoms with Crippen molar-refractivity contribution in [2.75, 3.05) is 6.54 Å². The van der Waals surface area contributed by atoms with Crippen LogP contribution in [0.5, 0.6) is 0 Å². The number of pyridine rings is 1. The van der Waals surface area contributed by atoms with Gasteiger partial charge in [0.1, 0.15) is 5.15 Å². The molecule has 0 saturated heterocycles. The molecular weight excluding hydrogens is 518 g/mol. The van der Waals surface area contributed by atoms with Crippen LogP contribution >= 0.6 is 23.2 Å². The Morgan fingerprint density at radius 3 is 2.53 bits per heavy atom. The monoisotopic (exact) mass is 537 g/mol. The fourth-order valence-corrected chi connectivity index (χ4v) is 4.22. The van der Waals surface area contributed by atoms with Gasteiger partial charge in [0.2, 0.25) is 0 Å². The number of benzene rings is 1. The Hall–Kier alpha value is -3.44. The maximum atomic E-state index is 14.1. The number of carbonyl (C=O) groups excluding carboxylic acids is 1. The lowest BCUT2D eigenvalue weighted by molar-refractivity contribution is -0.143. The van der Waals surface area contributed by atoms with Gasteiger partial charge in [0.05, 0.1) is 28.0 Å². The number of hydrogen-bond acceptors (Lipinski definition) is 5. The minimum absolute atomic E-state index is 0.0357. The second-order valence-electron chi connectivity index (χ2n) is 8.41. The van der Waals surface area contributed by atoms with Crippen LogP contribution in [0.2, 0.25) is 10.2 Å². The quantitative estimate of drug-likeness (QED) is 0.358. The first-order valence-electron chi connectivity index (χ1n) is 10.6. The normalized spacial score (nSPS) is 13.4. The lowest BCUT2D eigenvalue weighted by atomic mass is 9.80. The van der Waals surface area contributed by atoms with Crippen LogP contribution in [0.4, 0.5) is 13.2 Å². The molecule has 0 aliphatic heterocycles. The first-order chi connectivity index (χ1) is 16.9. The van der Waals surface area contributed by atoms with E-state index in [4.69, 9.17) is 23.2 Å². The average molecular weight is 538 g/mol. The maximum absolute atomic E-state index is 14.1. The number of halogens is 5. The summed E-state index contributed by atoms with van der Waals surface area (Å²) in [6, 6.07) is 9.46. The molecule has 1 amide bonds. The Kier molecular flexibility index (Phi) is 6.80. The van der Waals surface area contributed by atoms with Gasteiger partial charge in [-0.2, -0.15) is 18.3 Å². The molecule has 4 aromatic rings. The van der Waals surface area contributed by atoms with E-state index in [0.29, 0.717) is 15.9 Å². The van der Waals surface area contributed by atoms with Crippen LogP contribution in [0.25, 0.3) is 5.69 Å². The van der Waals surface area contributed by atoms with Gasteiger partial charge in [-0.05, 0) is 43.7 Å². The molecule has 1 aromatic carbocycles. The van der Waals surface area contributed by atoms with Gasteiger partial charge in [-0.15, -0.1) is 5.10 Å². The third kappa shape index (κ3) is 4.93. The number of nitrogens with one attached hydrogen (secondary N) is 1. The highest BCUT2D eigenvalue weighted by molar-refractivity contribution is 6.32. The van der Waals surface area contributed by atoms with Gasteiger partial charge in [-0.3, -0.25) is 9.48 Å². The van der Waals surface area contributed by atoms with Gasteiger partial charge in [0.25, 0.3) is 5.91 Å². The summed E-state index contributed by atoms with van der Waals surface area (Å²) in [5, 5.41) is 14.1. The van der Waals surface area contributed by atoms with Crippen LogP contribution in [0.15, 0.2) is 48.8 Å². The predicted molar refractivity (Wildman–Crippen MR) is 127 cm³/mol. The number of aromatic nitrogens is 6. The van der Waals surface area contributed by atoms with Crippen LogP contribution in [-0.4, -0.2) is 42.2 Å². The molecule has 0 saturated carbocycles. The maximum Gasteiger partial charge on any atom is 0.435 e. The summed E-state index contributed by atoms with van der Waals surface area (Å²) < 4.78 is 44.4. The molecule has 0 aliphatic rings. The van der Waals surface area contributed by atoms with Crippen molar-refractivity contribution in [2.45, 2.75) is 25.4 Å². The number of alkyl halides is 3. The molecule has 188 valence electrons. The molecule has 0 spiro atoms. The number of carbonyl (C=O) groups is 1. The van der Waals surface area contributed by atoms with E-state index >= 15 is 0 Å². The van der Waals surface area contributed by atoms with Crippen LogP contribution < -0.4 is 5.32 Å². The third-order valence-corrected chi connectivity index (χ3v) is 6.22. The summed E-state index contributed by atoms with van der Waals surface area (Å²) >= 11 is 12.2. The van der Waals surface area contributed by atoms with Crippen LogP contribution in [0.1, 0.15) is 39.9 Å². The van der Waals surface area contributed by atoms with Crippen LogP contribution in [-0.2, 0) is 18.6 Å². The summed E-state index contributed by atoms with van der Waals surface area (Å²) in [7, 11) is 1.72. The van der Waals surface area contributed by atoms with E-state index in [2.05, 4.69) is 25.7 Å². The molecule has 3 aromatic heterocycles. The molecule has 0 fully saturated rings. The Morgan fingerprint density at radius 2 is 1.92 bits per heavy atom. The summed E-state index contributed by atoms with van der Waals surface area (Å²) in [6.45, 7) is 3.39. The van der Waals surface area contributed by atoms with E-state index in [1.165, 1.54) is 12.1 Å². The first-order valence-corrected chi connectivity index (χ1v) is 11.4. The molecule has 8 nitrogen and oxygen atoms in total. The number of aryl methyl sites for hydroxylation is 2. The van der Waals surface area contributed by atoms with E-state index in [9.17, 15) is 18.0 Å². The van der Waals surface area contributed by atoms with Gasteiger partial charge in [-0.25, -0.2) is 9.67 Å². The highest BCUT2D eigenvalue weighted by atomic mass is 35.5. The van der Waals surface area contributed by atoms with Crippen molar-refractivity contribution < 1.29 is 18.0 Å². The van der Waals surface area contributed by atoms with E-state index in [1.807, 2.05) is 0 Å². The zero-order valence-electron chi connectivity index (χ0n) is 19.3. The minimum Gasteiger partial charge on any atom is -0.349 e. The largest absolute Gasteiger partial charge is 0.435 e. The molecular formula is C23H20Cl2F3N7O. The van der Waals surface area contributed by atoms with Crippen molar-refractivity contribution in [3.05, 3.63) is 87.2 Å². The van der Waals surface area contributed by atoms with Crippen molar-refractivity contribution in [3.63, 3.8) is 0 Å². The molecule has 4 rings (SSSR count). The summed E-state index contributed by atoms with van der Waals surface area (Å²) in [6.07, 6.45) is -1.62. The standard InChI is InChI=1S/C23H20Cl2F3N7O/c1-13-7-8-16(15(24)9-13)35-20(23(26,27)28)19(32-33-35)21(36)29-12-22(2,14-10-30-34(3)11-14)17-5-4-6-18(25)31-17/h4-11H,12H2,1-3H3,(H,29,36). The lowest BCUT2D eigenvalue weighted by Crippen LogP contribution is -2.40. The Morgan fingerprint density at radius 1 is 1.17 bits per heavy atom. The molecule has 1 atom stereocenters. The lowest BCUT2D eigenvalue weighted by Gasteiger charge is -2.28. The summed E-state index contributed by atoms with van der Waals surface area (Å²) in [4.78, 5) is 17.4. The minimum atomic E-state index is -4.94. The van der Waals surface area contributed by atoms with E-state index in [1.54, 1.807) is 62.2 Å². The molecule has 0 bridgehead atoms. The second-order valence-corrected chi connectivity index (χ2v) is 9.21. The molecule has 1 unspecified atom stereocenters. The van der Waals surface area contributed by atoms with Gasteiger partial charge in [0, 0.05) is 25.4 Å². The van der Waals surface area contributed by atoms with Crippen molar-refractivity contribution in [1.29, 1.82) is 0 Å². The fraction of sp³-hybridized carbons (Fsp3) is 0.261. The molecule has 13 heteroatoms. The van der Waals surface area contributed by atoms with Crippen molar-refractivity contribution in [1.82, 2.24) is 35.1 Å². The van der Waals surface area contributed by atoms with Crippen molar-refractivity contribution in [2.24, 2.45) is 7.05 Å². The fourth-order valence-electron chi connectivity index (χ4n) is 3.74. The topological polar surface area (TPSA) is 90.5 Å². The number of hydrogen-bond donors (Lipinski definition) is 1. The first kappa shape index (κ1) is 25.6. The number of nitrogens with zero attached hydrogens (tertiary/aromatic N) is 6. The van der Waals surface area contributed by atoms with E-state index < -0.39 is 28.9 Å². The molecule has 1 N–H and O–H groups in total. The summed E-state index contributed by atoms with van der Waals surface area (Å²) in [5.41, 5.74) is -1.32. The number of rotatable bonds is 6. The highest BCUT2D eigenvalue weighted by Gasteiger charge is 2.43. The zero-order chi connectivity index (χ0) is 26.3. The van der Waals surface area contributed by atoms with Gasteiger partial charge in [0.15, 0.2) is 11.4 Å². The predicted octanol–water partition coefficient (Wildman–Crippen LogP) is 4.77. The van der Waals surface area contributed by atoms with Gasteiger partial charge >= 0.3 is 6.18 Å². The highest BCUT2D eigenvalue weighted by Crippen LogP contribution is 2.35. The van der Waals surface area contributed by atoms with E-state index in [0.717, 1.165) is 5.56 Å². The zero-order valence-corrected chi connectivity index (χ0v) is 20.8. The van der Waals surface area contributed by atoms with Crippen molar-refractivity contribution >= 4 is 29.1 Å². The Labute approximate surface area is 214 Å². The molecule has 36 heavy (non-hydrogen) atoms. The van der Waals surface area contributed by atoms with Gasteiger partial charge < -0.3 is 5.32 Å². The molecule has 0 aliphatic carbocycles. The Balaban J connectivity index is 1.71. The molecule has 3 heterocycles. The smallest absolute Gasteiger partial charge is 0.349 e. The SMILES string of the molecule is Cc1ccc(-n2nnc(C(=O)NCC(C)(c3cnn(C)c3)c3cccc(Cl)n3)c2C(F)(F)F)c(Cl)c1. The third-order valence-electron chi connectivity index (χ3n) is 5.71. The van der Waals surface area contributed by atoms with Crippen LogP contribution in [0.3, 0.4) is 0 Å². The van der Waals surface area contributed by atoms with Gasteiger partial charge in [-0.1, -0.05) is 40.5 Å². The average Bonchev–Trinajstić information content (AvgIpc) is 3.44. The summed E-state index contributed by atoms with van der Waals surface area (Å²) in [5.74, 6) is -1.06. The number of amides is 1. The van der Waals surface area contributed by atoms with Crippen LogP contribution in [0, 0.1) is 6.92 Å². The molecule has 0 radical (unpaired) electrons.